The van der Waals surface area contributed by atoms with Gasteiger partial charge in [0.15, 0.2) is 0 Å². The predicted molar refractivity (Wildman–Crippen MR) is 107 cm³/mol. The van der Waals surface area contributed by atoms with E-state index in [9.17, 15) is 0 Å². The molecule has 4 rings (SSSR count). The maximum Gasteiger partial charge on any atom is 0.146 e. The molecule has 2 aliphatic heterocycles. The van der Waals surface area contributed by atoms with Gasteiger partial charge in [-0.1, -0.05) is 11.8 Å². The maximum absolute atomic E-state index is 8.36. The molecule has 0 bridgehead atoms. The van der Waals surface area contributed by atoms with E-state index in [1.807, 2.05) is 19.1 Å². The number of pyridine rings is 1. The number of aromatic nitrogens is 3. The van der Waals surface area contributed by atoms with Gasteiger partial charge in [-0.25, -0.2) is 9.97 Å². The summed E-state index contributed by atoms with van der Waals surface area (Å²) in [5, 5.41) is 16.7. The van der Waals surface area contributed by atoms with E-state index in [4.69, 9.17) is 15.6 Å². The molecule has 0 aliphatic carbocycles. The summed E-state index contributed by atoms with van der Waals surface area (Å²) in [5.41, 5.74) is 2.74. The minimum absolute atomic E-state index is 0.0752. The molecule has 0 unspecified atom stereocenters. The van der Waals surface area contributed by atoms with Crippen molar-refractivity contribution in [3.05, 3.63) is 42.1 Å². The van der Waals surface area contributed by atoms with Gasteiger partial charge in [-0.05, 0) is 31.6 Å². The summed E-state index contributed by atoms with van der Waals surface area (Å²) >= 11 is 1.37. The number of thioether (sulfide) groups is 1. The Morgan fingerprint density at radius 3 is 2.93 bits per heavy atom. The zero-order valence-corrected chi connectivity index (χ0v) is 16.0. The van der Waals surface area contributed by atoms with E-state index in [1.165, 1.54) is 11.8 Å². The van der Waals surface area contributed by atoms with Crippen LogP contribution in [-0.2, 0) is 0 Å². The molecule has 2 aromatic heterocycles. The lowest BCUT2D eigenvalue weighted by atomic mass is 10.0. The lowest BCUT2D eigenvalue weighted by Gasteiger charge is -2.19. The molecule has 0 saturated carbocycles. The van der Waals surface area contributed by atoms with Crippen molar-refractivity contribution < 1.29 is 4.74 Å². The highest BCUT2D eigenvalue weighted by atomic mass is 32.2. The third-order valence-electron chi connectivity index (χ3n) is 4.77. The van der Waals surface area contributed by atoms with E-state index in [0.717, 1.165) is 52.8 Å². The van der Waals surface area contributed by atoms with Gasteiger partial charge in [0.05, 0.1) is 23.3 Å². The van der Waals surface area contributed by atoms with E-state index < -0.39 is 0 Å². The van der Waals surface area contributed by atoms with Gasteiger partial charge in [0.25, 0.3) is 0 Å². The van der Waals surface area contributed by atoms with E-state index in [-0.39, 0.29) is 6.10 Å². The minimum atomic E-state index is 0.0752. The largest absolute Gasteiger partial charge is 0.487 e. The second-order valence-electron chi connectivity index (χ2n) is 6.59. The van der Waals surface area contributed by atoms with Crippen molar-refractivity contribution >= 4 is 33.9 Å². The van der Waals surface area contributed by atoms with Crippen LogP contribution in [0.5, 0.6) is 5.75 Å². The number of allylic oxidation sites excluding steroid dienone is 1. The summed E-state index contributed by atoms with van der Waals surface area (Å²) in [6.07, 6.45) is 5.98. The molecule has 0 aromatic carbocycles. The molecule has 1 fully saturated rings. The fourth-order valence-corrected chi connectivity index (χ4v) is 4.36. The third kappa shape index (κ3) is 3.32. The molecule has 27 heavy (non-hydrogen) atoms. The molecule has 4 heterocycles. The highest BCUT2D eigenvalue weighted by molar-refractivity contribution is 8.15. The van der Waals surface area contributed by atoms with Crippen molar-refractivity contribution in [2.24, 2.45) is 0 Å². The molecule has 2 aromatic rings. The second kappa shape index (κ2) is 7.11. The molecule has 7 nitrogen and oxygen atoms in total. The van der Waals surface area contributed by atoms with Crippen molar-refractivity contribution in [1.82, 2.24) is 15.0 Å². The number of anilines is 1. The Balaban J connectivity index is 1.59. The summed E-state index contributed by atoms with van der Waals surface area (Å²) < 4.78 is 6.02. The van der Waals surface area contributed by atoms with Crippen LogP contribution in [0.2, 0.25) is 0 Å². The number of nitrogens with one attached hydrogen (secondary N) is 2. The van der Waals surface area contributed by atoms with E-state index in [1.54, 1.807) is 25.6 Å². The zero-order valence-electron chi connectivity index (χ0n) is 15.2. The molecule has 1 atom stereocenters. The molecular formula is C19H20N6OS. The number of hydrogen-bond acceptors (Lipinski definition) is 8. The number of ether oxygens (including phenoxy) is 1. The van der Waals surface area contributed by atoms with Crippen molar-refractivity contribution in [1.29, 1.82) is 10.8 Å². The van der Waals surface area contributed by atoms with Crippen molar-refractivity contribution in [2.75, 3.05) is 18.0 Å². The van der Waals surface area contributed by atoms with Crippen LogP contribution < -0.4 is 9.64 Å². The molecule has 0 amide bonds. The average Bonchev–Trinajstić information content (AvgIpc) is 3.25. The Morgan fingerprint density at radius 1 is 1.33 bits per heavy atom. The van der Waals surface area contributed by atoms with Gasteiger partial charge in [-0.3, -0.25) is 10.4 Å². The minimum Gasteiger partial charge on any atom is -0.487 e. The van der Waals surface area contributed by atoms with Gasteiger partial charge in [0.1, 0.15) is 29.0 Å². The first-order valence-electron chi connectivity index (χ1n) is 8.74. The Bertz CT molecular complexity index is 942. The predicted octanol–water partition coefficient (Wildman–Crippen LogP) is 3.43. The Labute approximate surface area is 161 Å². The number of hydrogen-bond donors (Lipinski definition) is 2. The van der Waals surface area contributed by atoms with E-state index >= 15 is 0 Å². The summed E-state index contributed by atoms with van der Waals surface area (Å²) in [6, 6.07) is 3.78. The molecule has 0 spiro atoms. The van der Waals surface area contributed by atoms with Gasteiger partial charge in [-0.2, -0.15) is 0 Å². The van der Waals surface area contributed by atoms with E-state index in [2.05, 4.69) is 19.9 Å². The molecule has 2 N–H and O–H groups in total. The highest BCUT2D eigenvalue weighted by Gasteiger charge is 2.34. The lowest BCUT2D eigenvalue weighted by molar-refractivity contribution is 0.224. The van der Waals surface area contributed by atoms with Gasteiger partial charge < -0.3 is 15.0 Å². The third-order valence-corrected chi connectivity index (χ3v) is 5.76. The first kappa shape index (κ1) is 17.7. The summed E-state index contributed by atoms with van der Waals surface area (Å²) in [6.45, 7) is 5.18. The van der Waals surface area contributed by atoms with Crippen molar-refractivity contribution in [2.45, 2.75) is 31.3 Å². The van der Waals surface area contributed by atoms with Gasteiger partial charge in [0.2, 0.25) is 0 Å². The average molecular weight is 380 g/mol. The smallest absolute Gasteiger partial charge is 0.146 e. The maximum atomic E-state index is 8.36. The van der Waals surface area contributed by atoms with Gasteiger partial charge in [0, 0.05) is 30.4 Å². The number of rotatable bonds is 4. The van der Waals surface area contributed by atoms with Crippen LogP contribution >= 0.6 is 11.8 Å². The van der Waals surface area contributed by atoms with Crippen molar-refractivity contribution in [3.8, 4) is 5.75 Å². The van der Waals surface area contributed by atoms with Crippen LogP contribution in [0.15, 0.2) is 41.3 Å². The molecule has 2 aliphatic rings. The highest BCUT2D eigenvalue weighted by Crippen LogP contribution is 2.45. The van der Waals surface area contributed by atoms with Gasteiger partial charge >= 0.3 is 0 Å². The van der Waals surface area contributed by atoms with Crippen LogP contribution in [0.1, 0.15) is 26.0 Å². The summed E-state index contributed by atoms with van der Waals surface area (Å²) in [5.74, 6) is 1.62. The molecule has 0 radical (unpaired) electrons. The zero-order chi connectivity index (χ0) is 19.0. The van der Waals surface area contributed by atoms with E-state index in [0.29, 0.717) is 10.8 Å². The van der Waals surface area contributed by atoms with Crippen LogP contribution in [0.4, 0.5) is 5.82 Å². The first-order valence-corrected chi connectivity index (χ1v) is 9.56. The quantitative estimate of drug-likeness (QED) is 0.789. The molecule has 1 saturated heterocycles. The molecular weight excluding hydrogens is 360 g/mol. The Morgan fingerprint density at radius 2 is 2.19 bits per heavy atom. The number of nitrogens with zero attached hydrogens (tertiary/aromatic N) is 4. The fourth-order valence-electron chi connectivity index (χ4n) is 3.28. The first-order chi connectivity index (χ1) is 13.0. The van der Waals surface area contributed by atoms with Crippen LogP contribution in [0.25, 0.3) is 5.57 Å². The summed E-state index contributed by atoms with van der Waals surface area (Å²) in [7, 11) is 0. The Hall–Kier alpha value is -2.74. The van der Waals surface area contributed by atoms with Crippen LogP contribution in [0.3, 0.4) is 0 Å². The van der Waals surface area contributed by atoms with Crippen LogP contribution in [-0.4, -0.2) is 44.9 Å². The van der Waals surface area contributed by atoms with Crippen LogP contribution in [0, 0.1) is 10.8 Å². The normalized spacial score (nSPS) is 20.6. The monoisotopic (exact) mass is 380 g/mol. The molecule has 138 valence electrons. The Kier molecular flexibility index (Phi) is 4.65. The lowest BCUT2D eigenvalue weighted by Crippen LogP contribution is -2.26. The standard InChI is InChI=1S/C19H20N6OS/c1-11(12(2)20)15-16-17(27-18(15)21)19(24-10-23-16)25-7-5-14(9-25)26-13-4-3-6-22-8-13/h3-4,6,8,10,14,20-21H,5,7,9H2,1-2H3/b15-11-,20-12?,21-18?/t14-/m0/s1. The molecule has 8 heteroatoms. The topological polar surface area (TPSA) is 98.8 Å². The second-order valence-corrected chi connectivity index (χ2v) is 7.62. The van der Waals surface area contributed by atoms with Crippen molar-refractivity contribution in [3.63, 3.8) is 0 Å². The number of fused-ring (bicyclic) bond motifs is 1. The van der Waals surface area contributed by atoms with Gasteiger partial charge in [-0.15, -0.1) is 0 Å². The fraction of sp³-hybridized carbons (Fsp3) is 0.316. The summed E-state index contributed by atoms with van der Waals surface area (Å²) in [4.78, 5) is 16.1. The SMILES string of the molecule is CC(=N)/C(C)=C1\C(=N)Sc2c1ncnc2N1CC[C@H](Oc2cccnc2)C1.